The number of benzene rings is 2. The van der Waals surface area contributed by atoms with E-state index in [9.17, 15) is 21.6 Å². The van der Waals surface area contributed by atoms with Crippen molar-refractivity contribution < 1.29 is 21.6 Å². The van der Waals surface area contributed by atoms with Crippen LogP contribution in [0.25, 0.3) is 0 Å². The first-order valence-electron chi connectivity index (χ1n) is 10.5. The lowest BCUT2D eigenvalue weighted by molar-refractivity contribution is 0.148. The molecule has 0 amide bonds. The normalized spacial score (nSPS) is 15.4. The van der Waals surface area contributed by atoms with Gasteiger partial charge in [-0.2, -0.15) is 0 Å². The zero-order chi connectivity index (χ0) is 24.3. The molecule has 12 heteroatoms. The Morgan fingerprint density at radius 1 is 1.06 bits per heavy atom. The minimum absolute atomic E-state index is 0.00333. The van der Waals surface area contributed by atoms with Crippen molar-refractivity contribution in [3.8, 4) is 0 Å². The van der Waals surface area contributed by atoms with E-state index in [2.05, 4.69) is 27.1 Å². The van der Waals surface area contributed by atoms with E-state index < -0.39 is 32.4 Å². The molecule has 4 rings (SSSR count). The lowest BCUT2D eigenvalue weighted by Crippen LogP contribution is -2.44. The van der Waals surface area contributed by atoms with Crippen LogP contribution in [0.3, 0.4) is 0 Å². The van der Waals surface area contributed by atoms with Crippen LogP contribution in [0.1, 0.15) is 11.1 Å². The Bertz CT molecular complexity index is 1220. The van der Waals surface area contributed by atoms with Crippen molar-refractivity contribution in [2.24, 2.45) is 0 Å². The Labute approximate surface area is 200 Å². The first-order chi connectivity index (χ1) is 16.2. The summed E-state index contributed by atoms with van der Waals surface area (Å²) in [5.41, 5.74) is 2.56. The molecule has 1 saturated heterocycles. The van der Waals surface area contributed by atoms with Gasteiger partial charge < -0.3 is 10.2 Å². The lowest BCUT2D eigenvalue weighted by atomic mass is 10.1. The second-order valence-corrected chi connectivity index (χ2v) is 10.4. The third kappa shape index (κ3) is 5.69. The van der Waals surface area contributed by atoms with Crippen LogP contribution in [-0.4, -0.2) is 56.4 Å². The Balaban J connectivity index is 1.50. The molecule has 0 spiro atoms. The van der Waals surface area contributed by atoms with Gasteiger partial charge in [0.25, 0.3) is 10.0 Å². The van der Waals surface area contributed by atoms with Crippen molar-refractivity contribution in [1.29, 1.82) is 0 Å². The van der Waals surface area contributed by atoms with E-state index in [1.807, 2.05) is 10.8 Å². The van der Waals surface area contributed by atoms with Crippen molar-refractivity contribution in [1.82, 2.24) is 14.8 Å². The molecule has 1 fully saturated rings. The van der Waals surface area contributed by atoms with Crippen LogP contribution in [0.5, 0.6) is 0 Å². The van der Waals surface area contributed by atoms with Crippen LogP contribution in [0.15, 0.2) is 46.1 Å². The minimum atomic E-state index is -4.51. The summed E-state index contributed by atoms with van der Waals surface area (Å²) in [5, 5.41) is 4.22. The molecule has 2 N–H and O–H groups in total. The monoisotopic (exact) mass is 511 g/mol. The molecule has 1 aromatic heterocycles. The maximum absolute atomic E-state index is 14.7. The summed E-state index contributed by atoms with van der Waals surface area (Å²) in [6, 6.07) is 6.56. The second-order valence-electron chi connectivity index (χ2n) is 8.06. The molecule has 0 atom stereocenters. The summed E-state index contributed by atoms with van der Waals surface area (Å²) < 4.78 is 70.8. The number of anilines is 2. The molecular weight excluding hydrogens is 487 g/mol. The summed E-state index contributed by atoms with van der Waals surface area (Å²) in [7, 11) is -2.46. The van der Waals surface area contributed by atoms with Crippen molar-refractivity contribution in [2.75, 3.05) is 43.3 Å². The van der Waals surface area contributed by atoms with Gasteiger partial charge in [-0.25, -0.2) is 26.6 Å². The van der Waals surface area contributed by atoms with Crippen LogP contribution < -0.4 is 10.0 Å². The smallest absolute Gasteiger partial charge is 0.268 e. The highest BCUT2D eigenvalue weighted by molar-refractivity contribution is 7.92. The number of piperazine rings is 1. The van der Waals surface area contributed by atoms with E-state index in [1.165, 1.54) is 17.0 Å². The van der Waals surface area contributed by atoms with Gasteiger partial charge in [0.05, 0.1) is 5.51 Å². The fourth-order valence-electron chi connectivity index (χ4n) is 3.76. The van der Waals surface area contributed by atoms with Gasteiger partial charge in [-0.3, -0.25) is 9.62 Å². The number of nitrogens with zero attached hydrogens (tertiary/aromatic N) is 3. The fourth-order valence-corrected chi connectivity index (χ4v) is 5.44. The van der Waals surface area contributed by atoms with Crippen molar-refractivity contribution in [2.45, 2.75) is 18.0 Å². The largest absolute Gasteiger partial charge is 0.381 e. The molecule has 0 radical (unpaired) electrons. The predicted molar refractivity (Wildman–Crippen MR) is 126 cm³/mol. The van der Waals surface area contributed by atoms with Gasteiger partial charge >= 0.3 is 0 Å². The topological polar surface area (TPSA) is 77.6 Å². The van der Waals surface area contributed by atoms with Gasteiger partial charge in [0.2, 0.25) is 0 Å². The summed E-state index contributed by atoms with van der Waals surface area (Å²) >= 11 is 1.13. The Morgan fingerprint density at radius 3 is 2.41 bits per heavy atom. The minimum Gasteiger partial charge on any atom is -0.381 e. The molecule has 34 heavy (non-hydrogen) atoms. The average Bonchev–Trinajstić information content (AvgIpc) is 3.26. The second kappa shape index (κ2) is 10.3. The maximum Gasteiger partial charge on any atom is 0.268 e. The third-order valence-corrected chi connectivity index (χ3v) is 7.61. The number of aromatic nitrogens is 1. The first-order valence-corrected chi connectivity index (χ1v) is 13.0. The average molecular weight is 512 g/mol. The number of halogens is 3. The predicted octanol–water partition coefficient (Wildman–Crippen LogP) is 3.72. The molecule has 2 heterocycles. The number of hydrogen-bond acceptors (Lipinski definition) is 7. The van der Waals surface area contributed by atoms with E-state index in [0.717, 1.165) is 55.2 Å². The van der Waals surface area contributed by atoms with Crippen molar-refractivity contribution in [3.63, 3.8) is 0 Å². The number of hydrogen-bond donors (Lipinski definition) is 2. The summed E-state index contributed by atoms with van der Waals surface area (Å²) in [5.74, 6) is -2.99. The van der Waals surface area contributed by atoms with E-state index in [4.69, 9.17) is 0 Å². The molecule has 3 aromatic rings. The molecule has 2 aromatic carbocycles. The highest BCUT2D eigenvalue weighted by Gasteiger charge is 2.26. The lowest BCUT2D eigenvalue weighted by Gasteiger charge is -2.32. The first kappa shape index (κ1) is 24.5. The quantitative estimate of drug-likeness (QED) is 0.480. The van der Waals surface area contributed by atoms with Gasteiger partial charge in [0, 0.05) is 55.9 Å². The summed E-state index contributed by atoms with van der Waals surface area (Å²) in [6.07, 6.45) is 0. The van der Waals surface area contributed by atoms with Gasteiger partial charge in [-0.05, 0) is 30.8 Å². The van der Waals surface area contributed by atoms with Crippen LogP contribution in [0, 0.1) is 17.5 Å². The maximum atomic E-state index is 14.7. The standard InChI is InChI=1S/C22H24F3N5O2S2/c1-29-5-7-30(8-6-29)12-15-3-2-4-18(23)17(15)11-26-16-9-19(24)22(20(25)10-16)34(31,32)28-21-13-33-14-27-21/h2-4,9-10,13-14,26,28H,5-8,11-12H2,1H3. The zero-order valence-electron chi connectivity index (χ0n) is 18.4. The Morgan fingerprint density at radius 2 is 1.76 bits per heavy atom. The Kier molecular flexibility index (Phi) is 7.41. The summed E-state index contributed by atoms with van der Waals surface area (Å²) in [6.45, 7) is 4.12. The van der Waals surface area contributed by atoms with Crippen LogP contribution in [0.4, 0.5) is 24.7 Å². The van der Waals surface area contributed by atoms with Crippen molar-refractivity contribution in [3.05, 3.63) is 69.8 Å². The van der Waals surface area contributed by atoms with Crippen LogP contribution in [-0.2, 0) is 23.1 Å². The van der Waals surface area contributed by atoms with Gasteiger partial charge in [-0.1, -0.05) is 12.1 Å². The van der Waals surface area contributed by atoms with E-state index in [0.29, 0.717) is 12.1 Å². The van der Waals surface area contributed by atoms with Crippen LogP contribution >= 0.6 is 11.3 Å². The number of likely N-dealkylation sites (N-methyl/N-ethyl adjacent to an activating group) is 1. The molecule has 1 aliphatic heterocycles. The van der Waals surface area contributed by atoms with E-state index in [-0.39, 0.29) is 18.1 Å². The molecule has 0 saturated carbocycles. The SMILES string of the molecule is CN1CCN(Cc2cccc(F)c2CNc2cc(F)c(S(=O)(=O)Nc3cscn3)c(F)c2)CC1. The highest BCUT2D eigenvalue weighted by atomic mass is 32.2. The molecule has 1 aliphatic rings. The Hall–Kier alpha value is -2.67. The number of thiazole rings is 1. The molecular formula is C22H24F3N5O2S2. The highest BCUT2D eigenvalue weighted by Crippen LogP contribution is 2.26. The third-order valence-electron chi connectivity index (χ3n) is 5.61. The number of rotatable bonds is 8. The van der Waals surface area contributed by atoms with Gasteiger partial charge in [0.15, 0.2) is 10.7 Å². The zero-order valence-corrected chi connectivity index (χ0v) is 20.0. The number of sulfonamides is 1. The van der Waals surface area contributed by atoms with Gasteiger partial charge in [0.1, 0.15) is 17.5 Å². The van der Waals surface area contributed by atoms with Gasteiger partial charge in [-0.15, -0.1) is 11.3 Å². The van der Waals surface area contributed by atoms with E-state index in [1.54, 1.807) is 6.07 Å². The molecule has 0 unspecified atom stereocenters. The molecule has 0 aliphatic carbocycles. The van der Waals surface area contributed by atoms with Crippen molar-refractivity contribution >= 4 is 32.9 Å². The summed E-state index contributed by atoms with van der Waals surface area (Å²) in [4.78, 5) is 7.11. The van der Waals surface area contributed by atoms with Crippen LogP contribution in [0.2, 0.25) is 0 Å². The molecule has 0 bridgehead atoms. The number of nitrogens with one attached hydrogen (secondary N) is 2. The van der Waals surface area contributed by atoms with E-state index >= 15 is 0 Å². The fraction of sp³-hybridized carbons (Fsp3) is 0.318. The molecule has 182 valence electrons. The molecule has 7 nitrogen and oxygen atoms in total.